The molecule has 0 saturated carbocycles. The van der Waals surface area contributed by atoms with Gasteiger partial charge in [-0.15, -0.1) is 0 Å². The summed E-state index contributed by atoms with van der Waals surface area (Å²) in [5.74, 6) is 0. The first kappa shape index (κ1) is 17.3. The molecule has 1 aliphatic heterocycles. The highest BCUT2D eigenvalue weighted by atomic mass is 35.5. The van der Waals surface area contributed by atoms with E-state index in [1.54, 1.807) is 7.11 Å². The van der Waals surface area contributed by atoms with Gasteiger partial charge >= 0.3 is 0 Å². The van der Waals surface area contributed by atoms with E-state index >= 15 is 0 Å². The molecular weight excluding hydrogens is 343 g/mol. The molecule has 0 bridgehead atoms. The first-order chi connectivity index (χ1) is 11.7. The predicted molar refractivity (Wildman–Crippen MR) is 100 cm³/mol. The molecule has 0 radical (unpaired) electrons. The maximum absolute atomic E-state index is 6.02. The fraction of sp³-hybridized carbons (Fsp3) is 0.263. The lowest BCUT2D eigenvalue weighted by Crippen LogP contribution is -2.38. The van der Waals surface area contributed by atoms with Gasteiger partial charge in [-0.3, -0.25) is 0 Å². The maximum Gasteiger partial charge on any atom is 0.0653 e. The summed E-state index contributed by atoms with van der Waals surface area (Å²) in [5, 5.41) is 3.60. The van der Waals surface area contributed by atoms with Crippen LogP contribution >= 0.6 is 23.2 Å². The van der Waals surface area contributed by atoms with E-state index in [-0.39, 0.29) is 6.04 Å². The van der Waals surface area contributed by atoms with Crippen molar-refractivity contribution < 1.29 is 4.74 Å². The predicted octanol–water partition coefficient (Wildman–Crippen LogP) is 4.41. The van der Waals surface area contributed by atoms with Crippen LogP contribution in [-0.4, -0.2) is 31.3 Å². The van der Waals surface area contributed by atoms with Crippen LogP contribution in [0.25, 0.3) is 5.57 Å². The Labute approximate surface area is 152 Å². The van der Waals surface area contributed by atoms with Gasteiger partial charge in [0.15, 0.2) is 0 Å². The SMILES string of the molecule is COCCN1C=C(c2ccc(Cl)cc2)C(Cc2ccc(Cl)cc2)N1. The Kier molecular flexibility index (Phi) is 5.80. The number of benzene rings is 2. The van der Waals surface area contributed by atoms with Gasteiger partial charge in [0.25, 0.3) is 0 Å². The molecule has 2 aromatic carbocycles. The second kappa shape index (κ2) is 8.04. The van der Waals surface area contributed by atoms with Gasteiger partial charge < -0.3 is 9.75 Å². The highest BCUT2D eigenvalue weighted by Gasteiger charge is 2.25. The summed E-state index contributed by atoms with van der Waals surface area (Å²) >= 11 is 12.0. The third kappa shape index (κ3) is 4.31. The number of hydrogen-bond donors (Lipinski definition) is 1. The second-order valence-electron chi connectivity index (χ2n) is 5.79. The third-order valence-electron chi connectivity index (χ3n) is 4.06. The zero-order valence-electron chi connectivity index (χ0n) is 13.5. The largest absolute Gasteiger partial charge is 0.383 e. The summed E-state index contributed by atoms with van der Waals surface area (Å²) in [5.41, 5.74) is 7.21. The van der Waals surface area contributed by atoms with Crippen molar-refractivity contribution in [3.05, 3.63) is 75.9 Å². The quantitative estimate of drug-likeness (QED) is 0.823. The molecule has 1 N–H and O–H groups in total. The molecule has 1 aliphatic rings. The number of nitrogens with zero attached hydrogens (tertiary/aromatic N) is 1. The van der Waals surface area contributed by atoms with Crippen LogP contribution in [0.2, 0.25) is 10.0 Å². The van der Waals surface area contributed by atoms with Gasteiger partial charge in [-0.1, -0.05) is 47.5 Å². The minimum atomic E-state index is 0.198. The average molecular weight is 363 g/mol. The lowest BCUT2D eigenvalue weighted by atomic mass is 9.95. The van der Waals surface area contributed by atoms with E-state index < -0.39 is 0 Å². The number of rotatable bonds is 6. The number of ether oxygens (including phenoxy) is 1. The van der Waals surface area contributed by atoms with Crippen molar-refractivity contribution in [2.24, 2.45) is 0 Å². The van der Waals surface area contributed by atoms with Crippen LogP contribution in [0.5, 0.6) is 0 Å². The minimum Gasteiger partial charge on any atom is -0.383 e. The Hall–Kier alpha value is -1.52. The van der Waals surface area contributed by atoms with Gasteiger partial charge in [-0.05, 0) is 47.4 Å². The second-order valence-corrected chi connectivity index (χ2v) is 6.66. The highest BCUT2D eigenvalue weighted by Crippen LogP contribution is 2.27. The van der Waals surface area contributed by atoms with Crippen molar-refractivity contribution in [1.82, 2.24) is 10.4 Å². The van der Waals surface area contributed by atoms with Crippen molar-refractivity contribution >= 4 is 28.8 Å². The fourth-order valence-electron chi connectivity index (χ4n) is 2.81. The van der Waals surface area contributed by atoms with E-state index in [0.29, 0.717) is 6.61 Å². The van der Waals surface area contributed by atoms with E-state index in [2.05, 4.69) is 40.9 Å². The van der Waals surface area contributed by atoms with E-state index in [4.69, 9.17) is 27.9 Å². The van der Waals surface area contributed by atoms with Gasteiger partial charge in [0.05, 0.1) is 19.2 Å². The Morgan fingerprint density at radius 1 is 1.00 bits per heavy atom. The summed E-state index contributed by atoms with van der Waals surface area (Å²) in [4.78, 5) is 0. The van der Waals surface area contributed by atoms with E-state index in [1.807, 2.05) is 24.3 Å². The van der Waals surface area contributed by atoms with Crippen LogP contribution in [0.4, 0.5) is 0 Å². The Bertz CT molecular complexity index is 698. The Morgan fingerprint density at radius 2 is 1.62 bits per heavy atom. The van der Waals surface area contributed by atoms with Crippen molar-refractivity contribution in [2.75, 3.05) is 20.3 Å². The molecule has 0 spiro atoms. The van der Waals surface area contributed by atoms with Crippen LogP contribution in [0.3, 0.4) is 0 Å². The number of methoxy groups -OCH3 is 1. The van der Waals surface area contributed by atoms with Gasteiger partial charge in [0.1, 0.15) is 0 Å². The molecule has 24 heavy (non-hydrogen) atoms. The molecule has 1 heterocycles. The zero-order valence-corrected chi connectivity index (χ0v) is 15.0. The molecule has 1 atom stereocenters. The fourth-order valence-corrected chi connectivity index (χ4v) is 3.07. The average Bonchev–Trinajstić information content (AvgIpc) is 2.98. The summed E-state index contributed by atoms with van der Waals surface area (Å²) < 4.78 is 5.18. The molecule has 3 nitrogen and oxygen atoms in total. The molecule has 3 rings (SSSR count). The lowest BCUT2D eigenvalue weighted by Gasteiger charge is -2.20. The van der Waals surface area contributed by atoms with Crippen LogP contribution in [0.15, 0.2) is 54.7 Å². The first-order valence-electron chi connectivity index (χ1n) is 7.89. The van der Waals surface area contributed by atoms with Crippen molar-refractivity contribution in [1.29, 1.82) is 0 Å². The number of nitrogens with one attached hydrogen (secondary N) is 1. The summed E-state index contributed by atoms with van der Waals surface area (Å²) in [6.45, 7) is 1.47. The Balaban J connectivity index is 1.81. The van der Waals surface area contributed by atoms with Gasteiger partial charge in [-0.2, -0.15) is 0 Å². The van der Waals surface area contributed by atoms with Crippen LogP contribution < -0.4 is 5.43 Å². The minimum absolute atomic E-state index is 0.198. The summed E-state index contributed by atoms with van der Waals surface area (Å²) in [6.07, 6.45) is 3.04. The molecule has 0 aliphatic carbocycles. The summed E-state index contributed by atoms with van der Waals surface area (Å²) in [7, 11) is 1.71. The number of hydrazine groups is 1. The molecule has 2 aromatic rings. The van der Waals surface area contributed by atoms with Crippen LogP contribution in [-0.2, 0) is 11.2 Å². The smallest absolute Gasteiger partial charge is 0.0653 e. The van der Waals surface area contributed by atoms with Crippen LogP contribution in [0, 0.1) is 0 Å². The standard InChI is InChI=1S/C19H20Cl2N2O/c1-24-11-10-23-13-18(15-4-8-17(21)9-5-15)19(22-23)12-14-2-6-16(20)7-3-14/h2-9,13,19,22H,10-12H2,1H3. The molecule has 0 amide bonds. The van der Waals surface area contributed by atoms with Gasteiger partial charge in [0.2, 0.25) is 0 Å². The highest BCUT2D eigenvalue weighted by molar-refractivity contribution is 6.30. The molecule has 1 unspecified atom stereocenters. The third-order valence-corrected chi connectivity index (χ3v) is 4.56. The molecule has 5 heteroatoms. The molecule has 0 fully saturated rings. The molecule has 0 saturated heterocycles. The van der Waals surface area contributed by atoms with Crippen LogP contribution in [0.1, 0.15) is 11.1 Å². The Morgan fingerprint density at radius 3 is 2.25 bits per heavy atom. The first-order valence-corrected chi connectivity index (χ1v) is 8.65. The monoisotopic (exact) mass is 362 g/mol. The summed E-state index contributed by atoms with van der Waals surface area (Å²) in [6, 6.07) is 16.2. The van der Waals surface area contributed by atoms with E-state index in [0.717, 1.165) is 23.0 Å². The van der Waals surface area contributed by atoms with Crippen molar-refractivity contribution in [2.45, 2.75) is 12.5 Å². The van der Waals surface area contributed by atoms with Gasteiger partial charge in [-0.25, -0.2) is 5.43 Å². The zero-order chi connectivity index (χ0) is 16.9. The maximum atomic E-state index is 6.02. The number of halogens is 2. The molecular formula is C19H20Cl2N2O. The lowest BCUT2D eigenvalue weighted by molar-refractivity contribution is 0.149. The normalized spacial score (nSPS) is 17.2. The van der Waals surface area contributed by atoms with Crippen molar-refractivity contribution in [3.8, 4) is 0 Å². The molecule has 126 valence electrons. The van der Waals surface area contributed by atoms with Gasteiger partial charge in [0, 0.05) is 23.4 Å². The van der Waals surface area contributed by atoms with E-state index in [1.165, 1.54) is 16.7 Å². The number of hydrogen-bond acceptors (Lipinski definition) is 3. The topological polar surface area (TPSA) is 24.5 Å². The van der Waals surface area contributed by atoms with Crippen molar-refractivity contribution in [3.63, 3.8) is 0 Å². The molecule has 0 aromatic heterocycles. The van der Waals surface area contributed by atoms with E-state index in [9.17, 15) is 0 Å².